The molecular weight excluding hydrogens is 415 g/mol. The molecule has 6 heteroatoms. The first-order chi connectivity index (χ1) is 14.9. The predicted molar refractivity (Wildman–Crippen MR) is 118 cm³/mol. The Morgan fingerprint density at radius 1 is 1.16 bits per heavy atom. The van der Waals surface area contributed by atoms with Crippen molar-refractivity contribution < 1.29 is 14.0 Å². The van der Waals surface area contributed by atoms with Gasteiger partial charge in [0.1, 0.15) is 5.82 Å². The van der Waals surface area contributed by atoms with Crippen LogP contribution in [0.25, 0.3) is 6.08 Å². The van der Waals surface area contributed by atoms with Crippen LogP contribution in [0.3, 0.4) is 0 Å². The molecule has 0 spiro atoms. The van der Waals surface area contributed by atoms with Crippen molar-refractivity contribution in [2.24, 2.45) is 0 Å². The lowest BCUT2D eigenvalue weighted by molar-refractivity contribution is -0.114. The van der Waals surface area contributed by atoms with Crippen LogP contribution < -0.4 is 4.90 Å². The van der Waals surface area contributed by atoms with E-state index in [-0.39, 0.29) is 10.6 Å². The number of likely N-dealkylation sites (N-methyl/N-ethyl adjacent to an activating group) is 1. The summed E-state index contributed by atoms with van der Waals surface area (Å²) in [6.07, 6.45) is 5.37. The van der Waals surface area contributed by atoms with E-state index >= 15 is 0 Å². The maximum atomic E-state index is 13.8. The number of hydrogen-bond donors (Lipinski definition) is 0. The summed E-state index contributed by atoms with van der Waals surface area (Å²) in [5, 5.41) is -0.0274. The highest BCUT2D eigenvalue weighted by Gasteiger charge is 2.32. The minimum Gasteiger partial charge on any atom is -0.311 e. The van der Waals surface area contributed by atoms with Gasteiger partial charge in [-0.3, -0.25) is 14.6 Å². The van der Waals surface area contributed by atoms with E-state index in [2.05, 4.69) is 16.8 Å². The highest BCUT2D eigenvalue weighted by Crippen LogP contribution is 2.31. The van der Waals surface area contributed by atoms with Gasteiger partial charge in [0, 0.05) is 37.0 Å². The number of aromatic nitrogens is 1. The summed E-state index contributed by atoms with van der Waals surface area (Å²) < 4.78 is 13.8. The number of amides is 1. The van der Waals surface area contributed by atoms with Gasteiger partial charge in [0.05, 0.1) is 16.3 Å². The summed E-state index contributed by atoms with van der Waals surface area (Å²) in [5.41, 5.74) is 2.87. The number of pyridine rings is 1. The zero-order chi connectivity index (χ0) is 22.0. The Hall–Kier alpha value is -3.75. The van der Waals surface area contributed by atoms with Gasteiger partial charge >= 0.3 is 0 Å². The Bertz CT molecular complexity index is 1290. The molecule has 152 valence electrons. The van der Waals surface area contributed by atoms with E-state index in [0.717, 1.165) is 5.56 Å². The molecule has 0 unspecified atom stereocenters. The van der Waals surface area contributed by atoms with E-state index < -0.39 is 17.5 Å². The highest BCUT2D eigenvalue weighted by molar-refractivity contribution is 6.36. The Kier molecular flexibility index (Phi) is 5.66. The van der Waals surface area contributed by atoms with Gasteiger partial charge in [0.25, 0.3) is 5.91 Å². The molecule has 0 saturated carbocycles. The van der Waals surface area contributed by atoms with Gasteiger partial charge in [0.2, 0.25) is 5.78 Å². The number of anilines is 1. The standard InChI is InChI=1S/C25H16ClFN2O2/c1-29-23-10-8-16(4-2-5-17-6-3-11-28-15-17)12-19(23)24(30)20(25(29)31)13-18-7-9-21(26)22(27)14-18/h3,6-15H,5H2,1H3/b20-13-. The number of Topliss-reactive ketones (excluding diaryl/α,β-unsaturated/α-hetero) is 1. The van der Waals surface area contributed by atoms with Crippen LogP contribution in [-0.2, 0) is 11.2 Å². The zero-order valence-corrected chi connectivity index (χ0v) is 17.3. The number of fused-ring (bicyclic) bond motifs is 1. The summed E-state index contributed by atoms with van der Waals surface area (Å²) in [7, 11) is 1.59. The van der Waals surface area contributed by atoms with Crippen molar-refractivity contribution >= 4 is 35.1 Å². The summed E-state index contributed by atoms with van der Waals surface area (Å²) >= 11 is 5.71. The molecule has 4 nitrogen and oxygen atoms in total. The molecule has 4 rings (SSSR count). The van der Waals surface area contributed by atoms with E-state index in [1.165, 1.54) is 23.1 Å². The monoisotopic (exact) mass is 430 g/mol. The highest BCUT2D eigenvalue weighted by atomic mass is 35.5. The molecule has 0 radical (unpaired) electrons. The van der Waals surface area contributed by atoms with Crippen LogP contribution in [-0.4, -0.2) is 23.7 Å². The van der Waals surface area contributed by atoms with Gasteiger partial charge in [-0.15, -0.1) is 0 Å². The zero-order valence-electron chi connectivity index (χ0n) is 16.5. The number of carbonyl (C=O) groups excluding carboxylic acids is 2. The van der Waals surface area contributed by atoms with Crippen LogP contribution in [0, 0.1) is 17.7 Å². The SMILES string of the molecule is CN1C(=O)/C(=C\c2ccc(Cl)c(F)c2)C(=O)c2cc(C#CCc3cccnc3)ccc21. The van der Waals surface area contributed by atoms with Crippen molar-refractivity contribution in [3.8, 4) is 11.8 Å². The largest absolute Gasteiger partial charge is 0.311 e. The molecule has 2 heterocycles. The first kappa shape index (κ1) is 20.5. The second kappa shape index (κ2) is 8.55. The summed E-state index contributed by atoms with van der Waals surface area (Å²) in [6, 6.07) is 13.1. The number of nitrogens with zero attached hydrogens (tertiary/aromatic N) is 2. The van der Waals surface area contributed by atoms with E-state index in [4.69, 9.17) is 11.6 Å². The second-order valence-corrected chi connectivity index (χ2v) is 7.40. The lowest BCUT2D eigenvalue weighted by atomic mass is 9.92. The van der Waals surface area contributed by atoms with Gasteiger partial charge in [0.15, 0.2) is 0 Å². The Morgan fingerprint density at radius 3 is 2.74 bits per heavy atom. The maximum Gasteiger partial charge on any atom is 0.262 e. The average molecular weight is 431 g/mol. The molecule has 0 N–H and O–H groups in total. The molecule has 0 saturated heterocycles. The second-order valence-electron chi connectivity index (χ2n) is 7.00. The molecule has 0 aliphatic carbocycles. The predicted octanol–water partition coefficient (Wildman–Crippen LogP) is 4.71. The number of hydrogen-bond acceptors (Lipinski definition) is 3. The van der Waals surface area contributed by atoms with Gasteiger partial charge < -0.3 is 4.90 Å². The fourth-order valence-corrected chi connectivity index (χ4v) is 3.39. The van der Waals surface area contributed by atoms with Crippen molar-refractivity contribution in [3.05, 3.63) is 99.6 Å². The van der Waals surface area contributed by atoms with Gasteiger partial charge in [-0.25, -0.2) is 4.39 Å². The molecular formula is C25H16ClFN2O2. The Labute approximate surface area is 184 Å². The lowest BCUT2D eigenvalue weighted by Crippen LogP contribution is -2.36. The Balaban J connectivity index is 1.67. The minimum atomic E-state index is -0.619. The fraction of sp³-hybridized carbons (Fsp3) is 0.0800. The van der Waals surface area contributed by atoms with E-state index in [1.54, 1.807) is 43.7 Å². The molecule has 2 aromatic carbocycles. The average Bonchev–Trinajstić information content (AvgIpc) is 2.78. The molecule has 0 fully saturated rings. The number of rotatable bonds is 2. The topological polar surface area (TPSA) is 50.3 Å². The number of carbonyl (C=O) groups is 2. The van der Waals surface area contributed by atoms with Gasteiger partial charge in [-0.2, -0.15) is 0 Å². The van der Waals surface area contributed by atoms with Gasteiger partial charge in [-0.05, 0) is 53.6 Å². The van der Waals surface area contributed by atoms with Gasteiger partial charge in [-0.1, -0.05) is 35.6 Å². The third kappa shape index (κ3) is 4.25. The van der Waals surface area contributed by atoms with Crippen molar-refractivity contribution in [1.29, 1.82) is 0 Å². The number of halogens is 2. The normalized spacial score (nSPS) is 14.3. The summed E-state index contributed by atoms with van der Waals surface area (Å²) in [6.45, 7) is 0. The lowest BCUT2D eigenvalue weighted by Gasteiger charge is -2.26. The molecule has 1 aliphatic rings. The summed E-state index contributed by atoms with van der Waals surface area (Å²) in [4.78, 5) is 31.3. The first-order valence-electron chi connectivity index (χ1n) is 9.45. The molecule has 0 bridgehead atoms. The molecule has 1 aromatic heterocycles. The van der Waals surface area contributed by atoms with Crippen molar-refractivity contribution in [3.63, 3.8) is 0 Å². The molecule has 1 amide bonds. The molecule has 0 atom stereocenters. The van der Waals surface area contributed by atoms with Crippen LogP contribution in [0.4, 0.5) is 10.1 Å². The number of benzene rings is 2. The number of ketones is 1. The van der Waals surface area contributed by atoms with E-state index in [1.807, 2.05) is 12.1 Å². The Morgan fingerprint density at radius 2 is 2.00 bits per heavy atom. The van der Waals surface area contributed by atoms with E-state index in [0.29, 0.717) is 28.8 Å². The quantitative estimate of drug-likeness (QED) is 0.336. The van der Waals surface area contributed by atoms with Crippen LogP contribution >= 0.6 is 11.6 Å². The fourth-order valence-electron chi connectivity index (χ4n) is 3.27. The van der Waals surface area contributed by atoms with Crippen LogP contribution in [0.2, 0.25) is 5.02 Å². The summed E-state index contributed by atoms with van der Waals surface area (Å²) in [5.74, 6) is 4.62. The van der Waals surface area contributed by atoms with Crippen molar-refractivity contribution in [2.45, 2.75) is 6.42 Å². The van der Waals surface area contributed by atoms with Crippen molar-refractivity contribution in [1.82, 2.24) is 4.98 Å². The smallest absolute Gasteiger partial charge is 0.262 e. The molecule has 3 aromatic rings. The molecule has 1 aliphatic heterocycles. The van der Waals surface area contributed by atoms with Crippen LogP contribution in [0.5, 0.6) is 0 Å². The molecule has 31 heavy (non-hydrogen) atoms. The van der Waals surface area contributed by atoms with Crippen molar-refractivity contribution in [2.75, 3.05) is 11.9 Å². The van der Waals surface area contributed by atoms with Crippen LogP contribution in [0.1, 0.15) is 27.0 Å². The third-order valence-corrected chi connectivity index (χ3v) is 5.19. The van der Waals surface area contributed by atoms with E-state index in [9.17, 15) is 14.0 Å². The minimum absolute atomic E-state index is 0.0274. The third-order valence-electron chi connectivity index (χ3n) is 4.88. The first-order valence-corrected chi connectivity index (χ1v) is 9.83. The maximum absolute atomic E-state index is 13.8. The van der Waals surface area contributed by atoms with Crippen LogP contribution in [0.15, 0.2) is 66.5 Å².